The third kappa shape index (κ3) is 3.84. The molecule has 0 spiro atoms. The van der Waals surface area contributed by atoms with Gasteiger partial charge in [0.25, 0.3) is 0 Å². The number of anilines is 1. The van der Waals surface area contributed by atoms with E-state index in [-0.39, 0.29) is 6.23 Å². The zero-order valence-corrected chi connectivity index (χ0v) is 12.5. The Morgan fingerprint density at radius 3 is 2.60 bits per heavy atom. The van der Waals surface area contributed by atoms with Crippen LogP contribution in [0.3, 0.4) is 0 Å². The van der Waals surface area contributed by atoms with Crippen LogP contribution >= 0.6 is 0 Å². The molecule has 2 rings (SSSR count). The highest BCUT2D eigenvalue weighted by Crippen LogP contribution is 2.19. The fraction of sp³-hybridized carbons (Fsp3) is 0.333. The van der Waals surface area contributed by atoms with Gasteiger partial charge in [0.2, 0.25) is 0 Å². The molecule has 0 bridgehead atoms. The second-order valence-electron chi connectivity index (χ2n) is 4.91. The van der Waals surface area contributed by atoms with Crippen molar-refractivity contribution in [3.63, 3.8) is 0 Å². The quantitative estimate of drug-likeness (QED) is 0.729. The van der Waals surface area contributed by atoms with Gasteiger partial charge in [-0.3, -0.25) is 0 Å². The summed E-state index contributed by atoms with van der Waals surface area (Å²) in [6.45, 7) is 7.86. The lowest BCUT2D eigenvalue weighted by atomic mass is 10.2. The van der Waals surface area contributed by atoms with Gasteiger partial charge in [0.05, 0.1) is 6.61 Å². The van der Waals surface area contributed by atoms with Crippen LogP contribution in [-0.2, 0) is 11.3 Å². The van der Waals surface area contributed by atoms with Crippen molar-refractivity contribution in [2.24, 2.45) is 0 Å². The van der Waals surface area contributed by atoms with Crippen molar-refractivity contribution >= 4 is 5.69 Å². The lowest BCUT2D eigenvalue weighted by Crippen LogP contribution is -2.34. The first-order valence-corrected chi connectivity index (χ1v) is 7.11. The molecule has 2 nitrogen and oxygen atoms in total. The molecule has 0 saturated heterocycles. The molecule has 1 radical (unpaired) electrons. The van der Waals surface area contributed by atoms with Crippen LogP contribution in [0, 0.1) is 13.0 Å². The van der Waals surface area contributed by atoms with Crippen LogP contribution in [-0.4, -0.2) is 12.8 Å². The Morgan fingerprint density at radius 1 is 1.20 bits per heavy atom. The summed E-state index contributed by atoms with van der Waals surface area (Å²) >= 11 is 0. The molecule has 2 heteroatoms. The topological polar surface area (TPSA) is 12.5 Å². The van der Waals surface area contributed by atoms with Crippen molar-refractivity contribution in [3.05, 3.63) is 65.7 Å². The van der Waals surface area contributed by atoms with E-state index in [4.69, 9.17) is 4.74 Å². The van der Waals surface area contributed by atoms with Gasteiger partial charge < -0.3 is 9.64 Å². The van der Waals surface area contributed by atoms with E-state index in [2.05, 4.69) is 56.0 Å². The summed E-state index contributed by atoms with van der Waals surface area (Å²) in [6, 6.07) is 19.7. The molecular formula is C18H22NO. The fourth-order valence-corrected chi connectivity index (χ4v) is 2.28. The van der Waals surface area contributed by atoms with E-state index >= 15 is 0 Å². The number of aryl methyl sites for hydroxylation is 1. The Balaban J connectivity index is 2.00. The van der Waals surface area contributed by atoms with Gasteiger partial charge >= 0.3 is 0 Å². The first-order valence-electron chi connectivity index (χ1n) is 7.11. The Morgan fingerprint density at radius 2 is 1.95 bits per heavy atom. The largest absolute Gasteiger partial charge is 0.354 e. The van der Waals surface area contributed by atoms with Crippen LogP contribution in [0.15, 0.2) is 48.5 Å². The SMILES string of the molecule is CCN(c1cc[c]c(C)c1)C(C)OCc1ccccc1. The van der Waals surface area contributed by atoms with E-state index in [1.807, 2.05) is 24.3 Å². The molecule has 0 saturated carbocycles. The van der Waals surface area contributed by atoms with E-state index in [0.717, 1.165) is 12.1 Å². The maximum atomic E-state index is 5.99. The van der Waals surface area contributed by atoms with E-state index in [1.54, 1.807) is 0 Å². The summed E-state index contributed by atoms with van der Waals surface area (Å²) in [6.07, 6.45) is 0.0435. The minimum absolute atomic E-state index is 0.0435. The summed E-state index contributed by atoms with van der Waals surface area (Å²) in [7, 11) is 0. The highest BCUT2D eigenvalue weighted by atomic mass is 16.5. The van der Waals surface area contributed by atoms with Gasteiger partial charge in [-0.25, -0.2) is 0 Å². The highest BCUT2D eigenvalue weighted by molar-refractivity contribution is 5.48. The number of hydrogen-bond donors (Lipinski definition) is 0. The number of hydrogen-bond acceptors (Lipinski definition) is 2. The molecule has 0 aliphatic heterocycles. The third-order valence-corrected chi connectivity index (χ3v) is 3.37. The summed E-state index contributed by atoms with van der Waals surface area (Å²) in [5.74, 6) is 0. The lowest BCUT2D eigenvalue weighted by molar-refractivity contribution is 0.0512. The molecule has 0 amide bonds. The van der Waals surface area contributed by atoms with Crippen LogP contribution in [0.25, 0.3) is 0 Å². The first kappa shape index (κ1) is 14.6. The second kappa shape index (κ2) is 7.11. The number of benzene rings is 2. The minimum atomic E-state index is 0.0435. The van der Waals surface area contributed by atoms with Crippen LogP contribution in [0.1, 0.15) is 25.0 Å². The fourth-order valence-electron chi connectivity index (χ4n) is 2.28. The Labute approximate surface area is 122 Å². The van der Waals surface area contributed by atoms with Crippen molar-refractivity contribution in [2.45, 2.75) is 33.6 Å². The first-order chi connectivity index (χ1) is 9.70. The second-order valence-corrected chi connectivity index (χ2v) is 4.91. The number of rotatable bonds is 6. The molecular weight excluding hydrogens is 246 g/mol. The van der Waals surface area contributed by atoms with Gasteiger partial charge in [-0.15, -0.1) is 0 Å². The number of nitrogens with zero attached hydrogens (tertiary/aromatic N) is 1. The van der Waals surface area contributed by atoms with E-state index in [9.17, 15) is 0 Å². The van der Waals surface area contributed by atoms with Crippen molar-refractivity contribution in [3.8, 4) is 0 Å². The molecule has 0 aliphatic rings. The monoisotopic (exact) mass is 268 g/mol. The molecule has 0 heterocycles. The minimum Gasteiger partial charge on any atom is -0.354 e. The highest BCUT2D eigenvalue weighted by Gasteiger charge is 2.13. The molecule has 0 N–H and O–H groups in total. The van der Waals surface area contributed by atoms with Gasteiger partial charge in [-0.2, -0.15) is 0 Å². The van der Waals surface area contributed by atoms with E-state index in [0.29, 0.717) is 6.61 Å². The summed E-state index contributed by atoms with van der Waals surface area (Å²) < 4.78 is 5.99. The van der Waals surface area contributed by atoms with Crippen molar-refractivity contribution in [2.75, 3.05) is 11.4 Å². The van der Waals surface area contributed by atoms with Crippen LogP contribution < -0.4 is 4.90 Å². The molecule has 1 atom stereocenters. The zero-order chi connectivity index (χ0) is 14.4. The van der Waals surface area contributed by atoms with Gasteiger partial charge in [0.15, 0.2) is 0 Å². The maximum Gasteiger partial charge on any atom is 0.127 e. The van der Waals surface area contributed by atoms with E-state index in [1.165, 1.54) is 11.3 Å². The summed E-state index contributed by atoms with van der Waals surface area (Å²) in [5, 5.41) is 0. The standard InChI is InChI=1S/C18H22NO/c1-4-19(18-12-8-9-15(2)13-18)16(3)20-14-17-10-6-5-7-11-17/h5-8,10-13,16H,4,14H2,1-3H3. The molecule has 20 heavy (non-hydrogen) atoms. The molecule has 0 fully saturated rings. The van der Waals surface area contributed by atoms with Gasteiger partial charge in [0, 0.05) is 12.2 Å². The third-order valence-electron chi connectivity index (χ3n) is 3.37. The Kier molecular flexibility index (Phi) is 5.19. The van der Waals surface area contributed by atoms with E-state index < -0.39 is 0 Å². The van der Waals surface area contributed by atoms with Crippen LogP contribution in [0.4, 0.5) is 5.69 Å². The van der Waals surface area contributed by atoms with Crippen LogP contribution in [0.2, 0.25) is 0 Å². The van der Waals surface area contributed by atoms with Gasteiger partial charge in [-0.05, 0) is 50.1 Å². The molecule has 1 unspecified atom stereocenters. The predicted molar refractivity (Wildman–Crippen MR) is 83.7 cm³/mol. The molecule has 2 aromatic carbocycles. The van der Waals surface area contributed by atoms with Crippen molar-refractivity contribution < 1.29 is 4.74 Å². The normalized spacial score (nSPS) is 12.2. The molecule has 0 aliphatic carbocycles. The molecule has 2 aromatic rings. The maximum absolute atomic E-state index is 5.99. The summed E-state index contributed by atoms with van der Waals surface area (Å²) in [4.78, 5) is 2.25. The van der Waals surface area contributed by atoms with Crippen LogP contribution in [0.5, 0.6) is 0 Å². The Bertz CT molecular complexity index is 524. The smallest absolute Gasteiger partial charge is 0.127 e. The Hall–Kier alpha value is -1.80. The lowest BCUT2D eigenvalue weighted by Gasteiger charge is -2.30. The molecule has 105 valence electrons. The van der Waals surface area contributed by atoms with Crippen molar-refractivity contribution in [1.29, 1.82) is 0 Å². The average molecular weight is 268 g/mol. The predicted octanol–water partition coefficient (Wildman–Crippen LogP) is 4.18. The number of ether oxygens (including phenoxy) is 1. The average Bonchev–Trinajstić information content (AvgIpc) is 2.47. The van der Waals surface area contributed by atoms with Crippen molar-refractivity contribution in [1.82, 2.24) is 0 Å². The zero-order valence-electron chi connectivity index (χ0n) is 12.5. The summed E-state index contributed by atoms with van der Waals surface area (Å²) in [5.41, 5.74) is 3.54. The van der Waals surface area contributed by atoms with Gasteiger partial charge in [0.1, 0.15) is 6.23 Å². The molecule has 0 aromatic heterocycles. The van der Waals surface area contributed by atoms with Gasteiger partial charge in [-0.1, -0.05) is 36.4 Å².